The molecule has 0 fully saturated rings. The van der Waals surface area contributed by atoms with Gasteiger partial charge < -0.3 is 4.74 Å². The van der Waals surface area contributed by atoms with Gasteiger partial charge in [-0.1, -0.05) is 12.1 Å². The second-order valence-electron chi connectivity index (χ2n) is 4.26. The zero-order chi connectivity index (χ0) is 13.0. The second-order valence-corrected chi connectivity index (χ2v) is 5.52. The molecule has 0 amide bonds. The van der Waals surface area contributed by atoms with Crippen LogP contribution >= 0.6 is 24.0 Å². The fourth-order valence-corrected chi connectivity index (χ4v) is 2.71. The van der Waals surface area contributed by atoms with Crippen molar-refractivity contribution < 1.29 is 4.74 Å². The maximum Gasteiger partial charge on any atom is 0.122 e. The maximum atomic E-state index is 5.81. The second kappa shape index (κ2) is 6.25. The Hall–Kier alpha value is -1.00. The predicted molar refractivity (Wildman–Crippen MR) is 79.9 cm³/mol. The van der Waals surface area contributed by atoms with Crippen molar-refractivity contribution in [3.63, 3.8) is 0 Å². The van der Waals surface area contributed by atoms with Gasteiger partial charge in [-0.05, 0) is 31.0 Å². The number of aromatic nitrogens is 1. The molecule has 0 aliphatic rings. The lowest BCUT2D eigenvalue weighted by atomic mass is 10.1. The molecule has 0 aliphatic carbocycles. The molecule has 18 heavy (non-hydrogen) atoms. The van der Waals surface area contributed by atoms with E-state index in [-0.39, 0.29) is 0 Å². The fraction of sp³-hybridized carbons (Fsp3) is 0.357. The van der Waals surface area contributed by atoms with Crippen molar-refractivity contribution in [2.45, 2.75) is 26.0 Å². The Labute approximate surface area is 117 Å². The summed E-state index contributed by atoms with van der Waals surface area (Å²) >= 11 is 5.89. The molecule has 4 heteroatoms. The Bertz CT molecular complexity index is 522. The lowest BCUT2D eigenvalue weighted by Crippen LogP contribution is -2.02. The van der Waals surface area contributed by atoms with Crippen LogP contribution in [0, 0.1) is 13.8 Å². The molecule has 2 nitrogen and oxygen atoms in total. The summed E-state index contributed by atoms with van der Waals surface area (Å²) in [5.41, 5.74) is 3.45. The Morgan fingerprint density at radius 3 is 2.89 bits per heavy atom. The van der Waals surface area contributed by atoms with Crippen LogP contribution in [0.4, 0.5) is 0 Å². The smallest absolute Gasteiger partial charge is 0.122 e. The van der Waals surface area contributed by atoms with Gasteiger partial charge in [0.2, 0.25) is 0 Å². The van der Waals surface area contributed by atoms with Crippen molar-refractivity contribution in [2.24, 2.45) is 0 Å². The van der Waals surface area contributed by atoms with Crippen molar-refractivity contribution in [1.82, 2.24) is 4.98 Å². The molecule has 0 bridgehead atoms. The molecule has 96 valence electrons. The molecule has 0 saturated carbocycles. The van der Waals surface area contributed by atoms with Gasteiger partial charge in [-0.15, -0.1) is 11.3 Å². The molecular formula is C14H17NOS2. The van der Waals surface area contributed by atoms with Crippen LogP contribution in [0.5, 0.6) is 5.75 Å². The third-order valence-electron chi connectivity index (χ3n) is 2.68. The number of aryl methyl sites for hydroxylation is 2. The molecule has 0 radical (unpaired) electrons. The summed E-state index contributed by atoms with van der Waals surface area (Å²) < 4.78 is 5.81. The lowest BCUT2D eigenvalue weighted by molar-refractivity contribution is 0.319. The van der Waals surface area contributed by atoms with Gasteiger partial charge in [0.1, 0.15) is 5.75 Å². The van der Waals surface area contributed by atoms with Crippen LogP contribution in [-0.4, -0.2) is 11.6 Å². The SMILES string of the molecule is Cc1ccc(C)c(OCCc2nc(CS)cs2)c1. The molecule has 0 aliphatic heterocycles. The summed E-state index contributed by atoms with van der Waals surface area (Å²) in [6.45, 7) is 4.81. The molecule has 0 unspecified atom stereocenters. The van der Waals surface area contributed by atoms with E-state index >= 15 is 0 Å². The number of thiol groups is 1. The first-order chi connectivity index (χ1) is 8.69. The predicted octanol–water partition coefficient (Wildman–Crippen LogP) is 3.81. The molecule has 0 saturated heterocycles. The zero-order valence-corrected chi connectivity index (χ0v) is 12.4. The van der Waals surface area contributed by atoms with Crippen LogP contribution < -0.4 is 4.74 Å². The standard InChI is InChI=1S/C14H17NOS2/c1-10-3-4-11(2)13(7-10)16-6-5-14-15-12(8-17)9-18-14/h3-4,7,9,17H,5-6,8H2,1-2H3. The van der Waals surface area contributed by atoms with E-state index < -0.39 is 0 Å². The zero-order valence-electron chi connectivity index (χ0n) is 10.6. The van der Waals surface area contributed by atoms with Gasteiger partial charge in [-0.25, -0.2) is 4.98 Å². The Balaban J connectivity index is 1.90. The molecule has 2 aromatic rings. The Kier molecular flexibility index (Phi) is 4.66. The molecule has 1 aromatic carbocycles. The third kappa shape index (κ3) is 3.50. The van der Waals surface area contributed by atoms with Gasteiger partial charge in [0.05, 0.1) is 17.3 Å². The Morgan fingerprint density at radius 2 is 2.17 bits per heavy atom. The van der Waals surface area contributed by atoms with E-state index in [1.807, 2.05) is 0 Å². The fourth-order valence-electron chi connectivity index (χ4n) is 1.65. The summed E-state index contributed by atoms with van der Waals surface area (Å²) in [6, 6.07) is 6.27. The van der Waals surface area contributed by atoms with E-state index in [1.165, 1.54) is 11.1 Å². The first kappa shape index (κ1) is 13.4. The van der Waals surface area contributed by atoms with Gasteiger partial charge in [-0.3, -0.25) is 0 Å². The summed E-state index contributed by atoms with van der Waals surface area (Å²) in [5, 5.41) is 3.17. The van der Waals surface area contributed by atoms with E-state index in [2.05, 4.69) is 55.0 Å². The highest BCUT2D eigenvalue weighted by Crippen LogP contribution is 2.19. The quantitative estimate of drug-likeness (QED) is 0.841. The summed E-state index contributed by atoms with van der Waals surface area (Å²) in [5.74, 6) is 1.68. The third-order valence-corrected chi connectivity index (χ3v) is 3.96. The maximum absolute atomic E-state index is 5.81. The van der Waals surface area contributed by atoms with Crippen LogP contribution in [0.2, 0.25) is 0 Å². The molecule has 1 aromatic heterocycles. The summed E-state index contributed by atoms with van der Waals surface area (Å²) in [7, 11) is 0. The van der Waals surface area contributed by atoms with E-state index in [0.717, 1.165) is 22.9 Å². The molecular weight excluding hydrogens is 262 g/mol. The normalized spacial score (nSPS) is 10.6. The van der Waals surface area contributed by atoms with Crippen molar-refractivity contribution in [3.05, 3.63) is 45.4 Å². The van der Waals surface area contributed by atoms with Crippen LogP contribution in [0.3, 0.4) is 0 Å². The number of nitrogens with zero attached hydrogens (tertiary/aromatic N) is 1. The van der Waals surface area contributed by atoms with Crippen molar-refractivity contribution in [2.75, 3.05) is 6.61 Å². The minimum absolute atomic E-state index is 0.670. The van der Waals surface area contributed by atoms with E-state index in [0.29, 0.717) is 12.4 Å². The van der Waals surface area contributed by atoms with E-state index in [4.69, 9.17) is 4.74 Å². The molecule has 0 N–H and O–H groups in total. The van der Waals surface area contributed by atoms with Crippen LogP contribution in [0.15, 0.2) is 23.6 Å². The van der Waals surface area contributed by atoms with Crippen molar-refractivity contribution in [3.8, 4) is 5.75 Å². The number of hydrogen-bond acceptors (Lipinski definition) is 4. The minimum Gasteiger partial charge on any atom is -0.493 e. The monoisotopic (exact) mass is 279 g/mol. The molecule has 2 rings (SSSR count). The number of thiazole rings is 1. The lowest BCUT2D eigenvalue weighted by Gasteiger charge is -2.08. The summed E-state index contributed by atoms with van der Waals surface area (Å²) in [4.78, 5) is 4.46. The largest absolute Gasteiger partial charge is 0.493 e. The first-order valence-electron chi connectivity index (χ1n) is 5.93. The Morgan fingerprint density at radius 1 is 1.33 bits per heavy atom. The number of rotatable bonds is 5. The number of benzene rings is 1. The van der Waals surface area contributed by atoms with Gasteiger partial charge in [0, 0.05) is 17.6 Å². The average Bonchev–Trinajstić information content (AvgIpc) is 2.81. The average molecular weight is 279 g/mol. The van der Waals surface area contributed by atoms with Crippen molar-refractivity contribution in [1.29, 1.82) is 0 Å². The number of hydrogen-bond donors (Lipinski definition) is 1. The molecule has 0 spiro atoms. The highest BCUT2D eigenvalue weighted by molar-refractivity contribution is 7.79. The number of ether oxygens (including phenoxy) is 1. The van der Waals surface area contributed by atoms with Crippen LogP contribution in [0.25, 0.3) is 0 Å². The molecule has 0 atom stereocenters. The molecule has 1 heterocycles. The van der Waals surface area contributed by atoms with E-state index in [9.17, 15) is 0 Å². The highest BCUT2D eigenvalue weighted by atomic mass is 32.1. The van der Waals surface area contributed by atoms with Crippen molar-refractivity contribution >= 4 is 24.0 Å². The van der Waals surface area contributed by atoms with Crippen LogP contribution in [-0.2, 0) is 12.2 Å². The van der Waals surface area contributed by atoms with Crippen LogP contribution in [0.1, 0.15) is 21.8 Å². The van der Waals surface area contributed by atoms with E-state index in [1.54, 1.807) is 11.3 Å². The van der Waals surface area contributed by atoms with Gasteiger partial charge in [0.15, 0.2) is 0 Å². The topological polar surface area (TPSA) is 22.1 Å². The van der Waals surface area contributed by atoms with Gasteiger partial charge in [0.25, 0.3) is 0 Å². The first-order valence-corrected chi connectivity index (χ1v) is 7.44. The van der Waals surface area contributed by atoms with Gasteiger partial charge >= 0.3 is 0 Å². The highest BCUT2D eigenvalue weighted by Gasteiger charge is 2.03. The van der Waals surface area contributed by atoms with Gasteiger partial charge in [-0.2, -0.15) is 12.6 Å². The summed E-state index contributed by atoms with van der Waals surface area (Å²) in [6.07, 6.45) is 0.853. The minimum atomic E-state index is 0.670.